The highest BCUT2D eigenvalue weighted by Crippen LogP contribution is 2.36. The molecule has 0 amide bonds. The van der Waals surface area contributed by atoms with Gasteiger partial charge in [0.25, 0.3) is 0 Å². The third-order valence-electron chi connectivity index (χ3n) is 2.73. The fourth-order valence-electron chi connectivity index (χ4n) is 1.80. The van der Waals surface area contributed by atoms with Gasteiger partial charge in [0.2, 0.25) is 0 Å². The predicted molar refractivity (Wildman–Crippen MR) is 61.6 cm³/mol. The average Bonchev–Trinajstić information content (AvgIpc) is 2.28. The molecule has 0 aromatic heterocycles. The van der Waals surface area contributed by atoms with Crippen LogP contribution in [0.1, 0.15) is 18.9 Å². The summed E-state index contributed by atoms with van der Waals surface area (Å²) in [7, 11) is 1.35. The van der Waals surface area contributed by atoms with Crippen molar-refractivity contribution in [1.29, 1.82) is 0 Å². The normalized spacial score (nSPS) is 13.2. The highest BCUT2D eigenvalue weighted by molar-refractivity contribution is 5.78. The van der Waals surface area contributed by atoms with E-state index in [9.17, 15) is 18.0 Å². The molecule has 0 aliphatic carbocycles. The molecule has 0 aliphatic heterocycles. The summed E-state index contributed by atoms with van der Waals surface area (Å²) in [5, 5.41) is 8.98. The number of anilines is 1. The van der Waals surface area contributed by atoms with Gasteiger partial charge in [0, 0.05) is 12.7 Å². The lowest BCUT2D eigenvalue weighted by Crippen LogP contribution is -2.39. The first-order valence-electron chi connectivity index (χ1n) is 5.41. The SMILES string of the molecule is CCC(C(=O)O)N(C)c1ccccc1C(F)(F)F. The molecule has 0 saturated carbocycles. The van der Waals surface area contributed by atoms with Gasteiger partial charge in [0.1, 0.15) is 6.04 Å². The van der Waals surface area contributed by atoms with Crippen LogP contribution in [0.25, 0.3) is 0 Å². The molecule has 100 valence electrons. The zero-order valence-electron chi connectivity index (χ0n) is 10.0. The van der Waals surface area contributed by atoms with E-state index in [2.05, 4.69) is 0 Å². The number of para-hydroxylation sites is 1. The Balaban J connectivity index is 3.21. The quantitative estimate of drug-likeness (QED) is 0.905. The molecule has 0 bridgehead atoms. The monoisotopic (exact) mass is 261 g/mol. The number of hydrogen-bond acceptors (Lipinski definition) is 2. The molecular weight excluding hydrogens is 247 g/mol. The van der Waals surface area contributed by atoms with Gasteiger partial charge in [-0.1, -0.05) is 19.1 Å². The number of aliphatic carboxylic acids is 1. The minimum absolute atomic E-state index is 0.126. The van der Waals surface area contributed by atoms with Gasteiger partial charge in [0.15, 0.2) is 0 Å². The van der Waals surface area contributed by atoms with Gasteiger partial charge in [-0.15, -0.1) is 0 Å². The van der Waals surface area contributed by atoms with Crippen LogP contribution in [0.3, 0.4) is 0 Å². The molecule has 0 saturated heterocycles. The Hall–Kier alpha value is -1.72. The van der Waals surface area contributed by atoms with Gasteiger partial charge in [-0.25, -0.2) is 4.79 Å². The van der Waals surface area contributed by atoms with E-state index >= 15 is 0 Å². The van der Waals surface area contributed by atoms with Crippen LogP contribution in [-0.2, 0) is 11.0 Å². The van der Waals surface area contributed by atoms with E-state index in [0.717, 1.165) is 11.0 Å². The molecule has 1 rings (SSSR count). The molecule has 0 fully saturated rings. The van der Waals surface area contributed by atoms with Gasteiger partial charge >= 0.3 is 12.1 Å². The minimum atomic E-state index is -4.50. The van der Waals surface area contributed by atoms with E-state index in [4.69, 9.17) is 5.11 Å². The van der Waals surface area contributed by atoms with E-state index in [1.165, 1.54) is 25.2 Å². The summed E-state index contributed by atoms with van der Waals surface area (Å²) in [6, 6.07) is 3.97. The van der Waals surface area contributed by atoms with Crippen LogP contribution in [0.15, 0.2) is 24.3 Å². The molecular formula is C12H14F3NO2. The first-order valence-corrected chi connectivity index (χ1v) is 5.41. The molecule has 3 nitrogen and oxygen atoms in total. The number of carboxylic acid groups (broad SMARTS) is 1. The standard InChI is InChI=1S/C12H14F3NO2/c1-3-9(11(17)18)16(2)10-7-5-4-6-8(10)12(13,14)15/h4-7,9H,3H2,1-2H3,(H,17,18). The first-order chi connectivity index (χ1) is 8.29. The van der Waals surface area contributed by atoms with Crippen LogP contribution in [0.5, 0.6) is 0 Å². The molecule has 0 spiro atoms. The van der Waals surface area contributed by atoms with Crippen LogP contribution >= 0.6 is 0 Å². The van der Waals surface area contributed by atoms with E-state index in [1.807, 2.05) is 0 Å². The van der Waals surface area contributed by atoms with Crippen LogP contribution < -0.4 is 4.90 Å². The average molecular weight is 261 g/mol. The van der Waals surface area contributed by atoms with E-state index < -0.39 is 23.8 Å². The Bertz CT molecular complexity index is 432. The maximum Gasteiger partial charge on any atom is 0.418 e. The Morgan fingerprint density at radius 3 is 2.39 bits per heavy atom. The number of carbonyl (C=O) groups is 1. The maximum absolute atomic E-state index is 12.8. The fraction of sp³-hybridized carbons (Fsp3) is 0.417. The molecule has 18 heavy (non-hydrogen) atoms. The van der Waals surface area contributed by atoms with Crippen molar-refractivity contribution in [2.75, 3.05) is 11.9 Å². The van der Waals surface area contributed by atoms with Crippen molar-refractivity contribution in [1.82, 2.24) is 0 Å². The molecule has 1 aromatic rings. The lowest BCUT2D eigenvalue weighted by molar-refractivity contribution is -0.140. The smallest absolute Gasteiger partial charge is 0.418 e. The molecule has 6 heteroatoms. The van der Waals surface area contributed by atoms with Crippen LogP contribution in [0, 0.1) is 0 Å². The van der Waals surface area contributed by atoms with Gasteiger partial charge < -0.3 is 10.0 Å². The van der Waals surface area contributed by atoms with E-state index in [0.29, 0.717) is 0 Å². The van der Waals surface area contributed by atoms with Crippen LogP contribution in [0.4, 0.5) is 18.9 Å². The number of halogens is 3. The Kier molecular flexibility index (Phi) is 4.21. The summed E-state index contributed by atoms with van der Waals surface area (Å²) < 4.78 is 38.4. The summed E-state index contributed by atoms with van der Waals surface area (Å²) in [5.41, 5.74) is -0.952. The highest BCUT2D eigenvalue weighted by Gasteiger charge is 2.35. The highest BCUT2D eigenvalue weighted by atomic mass is 19.4. The maximum atomic E-state index is 12.8. The summed E-state index contributed by atoms with van der Waals surface area (Å²) in [4.78, 5) is 12.1. The van der Waals surface area contributed by atoms with Crippen molar-refractivity contribution < 1.29 is 23.1 Å². The molecule has 0 aliphatic rings. The lowest BCUT2D eigenvalue weighted by atomic mass is 10.1. The third-order valence-corrected chi connectivity index (χ3v) is 2.73. The van der Waals surface area contributed by atoms with Crippen molar-refractivity contribution in [2.45, 2.75) is 25.6 Å². The number of rotatable bonds is 4. The number of benzene rings is 1. The summed E-state index contributed by atoms with van der Waals surface area (Å²) in [6.45, 7) is 1.62. The van der Waals surface area contributed by atoms with Crippen LogP contribution in [-0.4, -0.2) is 24.2 Å². The van der Waals surface area contributed by atoms with Crippen molar-refractivity contribution in [2.24, 2.45) is 0 Å². The van der Waals surface area contributed by atoms with Gasteiger partial charge in [-0.05, 0) is 18.6 Å². The molecule has 1 N–H and O–H groups in total. The lowest BCUT2D eigenvalue weighted by Gasteiger charge is -2.28. The number of carboxylic acids is 1. The summed E-state index contributed by atoms with van der Waals surface area (Å²) >= 11 is 0. The zero-order valence-corrected chi connectivity index (χ0v) is 10.0. The van der Waals surface area contributed by atoms with E-state index in [-0.39, 0.29) is 12.1 Å². The topological polar surface area (TPSA) is 40.5 Å². The third kappa shape index (κ3) is 2.94. The van der Waals surface area contributed by atoms with Gasteiger partial charge in [-0.3, -0.25) is 0 Å². The number of nitrogens with zero attached hydrogens (tertiary/aromatic N) is 1. The molecule has 0 heterocycles. The largest absolute Gasteiger partial charge is 0.480 e. The fourth-order valence-corrected chi connectivity index (χ4v) is 1.80. The second-order valence-electron chi connectivity index (χ2n) is 3.89. The number of alkyl halides is 3. The van der Waals surface area contributed by atoms with Crippen molar-refractivity contribution in [3.63, 3.8) is 0 Å². The molecule has 1 aromatic carbocycles. The molecule has 1 atom stereocenters. The Morgan fingerprint density at radius 1 is 1.39 bits per heavy atom. The number of hydrogen-bond donors (Lipinski definition) is 1. The van der Waals surface area contributed by atoms with Crippen molar-refractivity contribution in [3.8, 4) is 0 Å². The predicted octanol–water partition coefficient (Wildman–Crippen LogP) is 3.00. The zero-order chi connectivity index (χ0) is 13.9. The number of likely N-dealkylation sites (N-methyl/N-ethyl adjacent to an activating group) is 1. The minimum Gasteiger partial charge on any atom is -0.480 e. The first kappa shape index (κ1) is 14.3. The summed E-state index contributed by atoms with van der Waals surface area (Å²) in [5.74, 6) is -1.14. The van der Waals surface area contributed by atoms with Crippen LogP contribution in [0.2, 0.25) is 0 Å². The van der Waals surface area contributed by atoms with Gasteiger partial charge in [-0.2, -0.15) is 13.2 Å². The Morgan fingerprint density at radius 2 is 1.94 bits per heavy atom. The summed E-state index contributed by atoms with van der Waals surface area (Å²) in [6.07, 6.45) is -4.28. The van der Waals surface area contributed by atoms with Crippen molar-refractivity contribution >= 4 is 11.7 Å². The second-order valence-corrected chi connectivity index (χ2v) is 3.89. The van der Waals surface area contributed by atoms with E-state index in [1.54, 1.807) is 6.92 Å². The van der Waals surface area contributed by atoms with Crippen molar-refractivity contribution in [3.05, 3.63) is 29.8 Å². The Labute approximate surface area is 103 Å². The van der Waals surface area contributed by atoms with Gasteiger partial charge in [0.05, 0.1) is 5.56 Å². The molecule has 0 radical (unpaired) electrons. The molecule has 1 unspecified atom stereocenters. The second kappa shape index (κ2) is 5.29.